The SMILES string of the molecule is CC(O)CCC1(NC(=O)OC(C)(C)C)CCCC1. The van der Waals surface area contributed by atoms with Crippen LogP contribution in [0.2, 0.25) is 0 Å². The molecule has 0 radical (unpaired) electrons. The number of aliphatic hydroxyl groups is 1. The fourth-order valence-corrected chi connectivity index (χ4v) is 2.49. The Morgan fingerprint density at radius 3 is 2.39 bits per heavy atom. The van der Waals surface area contributed by atoms with Crippen LogP contribution in [0, 0.1) is 0 Å². The Kier molecular flexibility index (Phi) is 5.02. The zero-order valence-corrected chi connectivity index (χ0v) is 12.1. The normalized spacial score (nSPS) is 20.5. The van der Waals surface area contributed by atoms with Crippen LogP contribution in [0.4, 0.5) is 4.79 Å². The maximum Gasteiger partial charge on any atom is 0.408 e. The average molecular weight is 257 g/mol. The van der Waals surface area contributed by atoms with Gasteiger partial charge >= 0.3 is 6.09 Å². The quantitative estimate of drug-likeness (QED) is 0.814. The Morgan fingerprint density at radius 2 is 1.94 bits per heavy atom. The maximum atomic E-state index is 11.9. The first-order chi connectivity index (χ1) is 8.22. The predicted molar refractivity (Wildman–Crippen MR) is 71.5 cm³/mol. The number of carbonyl (C=O) groups excluding carboxylic acids is 1. The van der Waals surface area contributed by atoms with Gasteiger partial charge in [0.05, 0.1) is 6.10 Å². The van der Waals surface area contributed by atoms with Gasteiger partial charge < -0.3 is 15.2 Å². The number of aliphatic hydroxyl groups excluding tert-OH is 1. The molecule has 106 valence electrons. The van der Waals surface area contributed by atoms with E-state index in [4.69, 9.17) is 4.74 Å². The second kappa shape index (κ2) is 5.91. The van der Waals surface area contributed by atoms with Crippen molar-refractivity contribution in [1.29, 1.82) is 0 Å². The summed E-state index contributed by atoms with van der Waals surface area (Å²) in [6.45, 7) is 7.38. The summed E-state index contributed by atoms with van der Waals surface area (Å²) in [7, 11) is 0. The van der Waals surface area contributed by atoms with Crippen molar-refractivity contribution in [2.45, 2.75) is 83.5 Å². The summed E-state index contributed by atoms with van der Waals surface area (Å²) >= 11 is 0. The highest BCUT2D eigenvalue weighted by atomic mass is 16.6. The van der Waals surface area contributed by atoms with Gasteiger partial charge in [-0.15, -0.1) is 0 Å². The van der Waals surface area contributed by atoms with Crippen LogP contribution in [0.5, 0.6) is 0 Å². The Morgan fingerprint density at radius 1 is 1.39 bits per heavy atom. The van der Waals surface area contributed by atoms with Gasteiger partial charge in [0, 0.05) is 5.54 Å². The zero-order chi connectivity index (χ0) is 13.8. The number of hydrogen-bond donors (Lipinski definition) is 2. The van der Waals surface area contributed by atoms with Crippen LogP contribution in [-0.2, 0) is 4.74 Å². The van der Waals surface area contributed by atoms with Gasteiger partial charge in [0.2, 0.25) is 0 Å². The van der Waals surface area contributed by atoms with E-state index < -0.39 is 5.60 Å². The Balaban J connectivity index is 2.54. The van der Waals surface area contributed by atoms with Crippen molar-refractivity contribution in [3.63, 3.8) is 0 Å². The van der Waals surface area contributed by atoms with Gasteiger partial charge in [-0.2, -0.15) is 0 Å². The lowest BCUT2D eigenvalue weighted by Gasteiger charge is -2.32. The molecule has 0 aliphatic heterocycles. The number of carbonyl (C=O) groups is 1. The minimum atomic E-state index is -0.464. The standard InChI is InChI=1S/C14H27NO3/c1-11(16)7-10-14(8-5-6-9-14)15-12(17)18-13(2,3)4/h11,16H,5-10H2,1-4H3,(H,15,17). The molecular weight excluding hydrogens is 230 g/mol. The molecule has 4 nitrogen and oxygen atoms in total. The van der Waals surface area contributed by atoms with Crippen LogP contribution >= 0.6 is 0 Å². The summed E-state index contributed by atoms with van der Waals surface area (Å²) in [6.07, 6.45) is 5.13. The van der Waals surface area contributed by atoms with Crippen molar-refractivity contribution in [2.75, 3.05) is 0 Å². The van der Waals surface area contributed by atoms with Gasteiger partial charge in [-0.3, -0.25) is 0 Å². The zero-order valence-electron chi connectivity index (χ0n) is 12.1. The molecule has 1 amide bonds. The Bertz CT molecular complexity index is 275. The van der Waals surface area contributed by atoms with E-state index in [1.165, 1.54) is 0 Å². The lowest BCUT2D eigenvalue weighted by atomic mass is 9.90. The van der Waals surface area contributed by atoms with Gasteiger partial charge in [0.15, 0.2) is 0 Å². The molecule has 0 heterocycles. The number of ether oxygens (including phenoxy) is 1. The molecule has 1 rings (SSSR count). The average Bonchev–Trinajstić information content (AvgIpc) is 2.61. The number of alkyl carbamates (subject to hydrolysis) is 1. The molecule has 1 saturated carbocycles. The van der Waals surface area contributed by atoms with Gasteiger partial charge in [-0.25, -0.2) is 4.79 Å². The minimum absolute atomic E-state index is 0.167. The van der Waals surface area contributed by atoms with E-state index >= 15 is 0 Å². The molecule has 1 aliphatic carbocycles. The van der Waals surface area contributed by atoms with Crippen LogP contribution in [0.25, 0.3) is 0 Å². The summed E-state index contributed by atoms with van der Waals surface area (Å²) in [5.74, 6) is 0. The number of amides is 1. The topological polar surface area (TPSA) is 58.6 Å². The summed E-state index contributed by atoms with van der Waals surface area (Å²) in [5.41, 5.74) is -0.631. The lowest BCUT2D eigenvalue weighted by Crippen LogP contribution is -2.48. The predicted octanol–water partition coefficient (Wildman–Crippen LogP) is 2.98. The second-order valence-corrected chi connectivity index (χ2v) is 6.50. The van der Waals surface area contributed by atoms with Gasteiger partial charge in [-0.05, 0) is 53.4 Å². The van der Waals surface area contributed by atoms with Crippen molar-refractivity contribution in [3.8, 4) is 0 Å². The molecule has 18 heavy (non-hydrogen) atoms. The van der Waals surface area contributed by atoms with Crippen LogP contribution in [0.1, 0.15) is 66.2 Å². The van der Waals surface area contributed by atoms with Crippen molar-refractivity contribution < 1.29 is 14.6 Å². The summed E-state index contributed by atoms with van der Waals surface area (Å²) in [6, 6.07) is 0. The summed E-state index contributed by atoms with van der Waals surface area (Å²) in [5, 5.41) is 12.4. The van der Waals surface area contributed by atoms with E-state index in [1.54, 1.807) is 6.92 Å². The highest BCUT2D eigenvalue weighted by Crippen LogP contribution is 2.34. The number of nitrogens with one attached hydrogen (secondary N) is 1. The van der Waals surface area contributed by atoms with Crippen molar-refractivity contribution >= 4 is 6.09 Å². The third-order valence-electron chi connectivity index (χ3n) is 3.37. The number of hydrogen-bond acceptors (Lipinski definition) is 3. The van der Waals surface area contributed by atoms with Crippen LogP contribution in [0.15, 0.2) is 0 Å². The molecule has 0 aromatic rings. The molecule has 0 aromatic carbocycles. The highest BCUT2D eigenvalue weighted by Gasteiger charge is 2.36. The van der Waals surface area contributed by atoms with E-state index in [1.807, 2.05) is 20.8 Å². The first-order valence-corrected chi connectivity index (χ1v) is 6.92. The molecule has 0 spiro atoms. The molecule has 0 saturated heterocycles. The fraction of sp³-hybridized carbons (Fsp3) is 0.929. The second-order valence-electron chi connectivity index (χ2n) is 6.50. The largest absolute Gasteiger partial charge is 0.444 e. The van der Waals surface area contributed by atoms with Gasteiger partial charge in [0.25, 0.3) is 0 Å². The third-order valence-corrected chi connectivity index (χ3v) is 3.37. The molecule has 1 unspecified atom stereocenters. The van der Waals surface area contributed by atoms with Crippen molar-refractivity contribution in [3.05, 3.63) is 0 Å². The summed E-state index contributed by atoms with van der Waals surface area (Å²) in [4.78, 5) is 11.9. The van der Waals surface area contributed by atoms with E-state index in [0.717, 1.165) is 38.5 Å². The third kappa shape index (κ3) is 5.25. The van der Waals surface area contributed by atoms with Crippen molar-refractivity contribution in [2.24, 2.45) is 0 Å². The Hall–Kier alpha value is -0.770. The maximum absolute atomic E-state index is 11.9. The van der Waals surface area contributed by atoms with E-state index in [0.29, 0.717) is 0 Å². The molecule has 1 fully saturated rings. The minimum Gasteiger partial charge on any atom is -0.444 e. The number of rotatable bonds is 4. The first-order valence-electron chi connectivity index (χ1n) is 6.92. The molecule has 0 bridgehead atoms. The van der Waals surface area contributed by atoms with E-state index in [-0.39, 0.29) is 17.7 Å². The molecular formula is C14H27NO3. The molecule has 1 atom stereocenters. The smallest absolute Gasteiger partial charge is 0.408 e. The van der Waals surface area contributed by atoms with Crippen LogP contribution in [-0.4, -0.2) is 28.4 Å². The molecule has 0 aromatic heterocycles. The van der Waals surface area contributed by atoms with Crippen molar-refractivity contribution in [1.82, 2.24) is 5.32 Å². The lowest BCUT2D eigenvalue weighted by molar-refractivity contribution is 0.0437. The summed E-state index contributed by atoms with van der Waals surface area (Å²) < 4.78 is 5.32. The monoisotopic (exact) mass is 257 g/mol. The Labute approximate surface area is 110 Å². The van der Waals surface area contributed by atoms with Crippen LogP contribution in [0.3, 0.4) is 0 Å². The van der Waals surface area contributed by atoms with Gasteiger partial charge in [-0.1, -0.05) is 12.8 Å². The molecule has 2 N–H and O–H groups in total. The highest BCUT2D eigenvalue weighted by molar-refractivity contribution is 5.68. The molecule has 1 aliphatic rings. The van der Waals surface area contributed by atoms with Crippen LogP contribution < -0.4 is 5.32 Å². The van der Waals surface area contributed by atoms with Gasteiger partial charge in [0.1, 0.15) is 5.60 Å². The van der Waals surface area contributed by atoms with E-state index in [9.17, 15) is 9.90 Å². The molecule has 4 heteroatoms. The first kappa shape index (κ1) is 15.3. The fourth-order valence-electron chi connectivity index (χ4n) is 2.49. The van der Waals surface area contributed by atoms with E-state index in [2.05, 4.69) is 5.32 Å².